The summed E-state index contributed by atoms with van der Waals surface area (Å²) in [6.45, 7) is 4.00. The number of carbonyl (C=O) groups excluding carboxylic acids is 1. The Morgan fingerprint density at radius 2 is 1.57 bits per heavy atom. The van der Waals surface area contributed by atoms with E-state index < -0.39 is 0 Å². The molecule has 0 aliphatic carbocycles. The highest BCUT2D eigenvalue weighted by Gasteiger charge is 2.30. The molecule has 0 radical (unpaired) electrons. The summed E-state index contributed by atoms with van der Waals surface area (Å²) in [4.78, 5) is 17.1. The monoisotopic (exact) mass is 286 g/mol. The minimum Gasteiger partial charge on any atom is -0.342 e. The first kappa shape index (κ1) is 14.6. The second kappa shape index (κ2) is 6.61. The molecule has 2 heterocycles. The first-order valence-electron chi connectivity index (χ1n) is 8.26. The molecule has 3 heteroatoms. The van der Waals surface area contributed by atoms with Gasteiger partial charge in [0.15, 0.2) is 0 Å². The minimum absolute atomic E-state index is 0.273. The van der Waals surface area contributed by atoms with E-state index in [1.807, 2.05) is 0 Å². The zero-order valence-corrected chi connectivity index (χ0v) is 13.0. The van der Waals surface area contributed by atoms with Crippen LogP contribution in [0.3, 0.4) is 0 Å². The summed E-state index contributed by atoms with van der Waals surface area (Å²) in [5, 5.41) is 0. The third-order valence-electron chi connectivity index (χ3n) is 5.15. The van der Waals surface area contributed by atoms with Gasteiger partial charge in [-0.3, -0.25) is 4.79 Å². The van der Waals surface area contributed by atoms with Crippen LogP contribution in [0.25, 0.3) is 0 Å². The number of amides is 1. The first-order chi connectivity index (χ1) is 10.2. The van der Waals surface area contributed by atoms with Gasteiger partial charge in [-0.05, 0) is 57.3 Å². The van der Waals surface area contributed by atoms with E-state index in [9.17, 15) is 4.79 Å². The molecule has 2 saturated heterocycles. The van der Waals surface area contributed by atoms with Crippen LogP contribution in [0.5, 0.6) is 0 Å². The molecule has 0 saturated carbocycles. The van der Waals surface area contributed by atoms with Crippen LogP contribution >= 0.6 is 0 Å². The van der Waals surface area contributed by atoms with Crippen molar-refractivity contribution in [2.75, 3.05) is 33.2 Å². The van der Waals surface area contributed by atoms with Gasteiger partial charge >= 0.3 is 0 Å². The van der Waals surface area contributed by atoms with Gasteiger partial charge in [0.1, 0.15) is 0 Å². The number of hydrogen-bond donors (Lipinski definition) is 0. The van der Waals surface area contributed by atoms with Crippen LogP contribution in [0, 0.1) is 5.92 Å². The Hall–Kier alpha value is -1.35. The van der Waals surface area contributed by atoms with Gasteiger partial charge in [0.2, 0.25) is 5.91 Å². The SMILES string of the molecule is CN1CCC(C(=O)N2CCC(c3ccccc3)CC2)CC1. The van der Waals surface area contributed by atoms with Gasteiger partial charge in [-0.2, -0.15) is 0 Å². The van der Waals surface area contributed by atoms with Crippen LogP contribution in [-0.4, -0.2) is 48.9 Å². The third kappa shape index (κ3) is 3.46. The van der Waals surface area contributed by atoms with E-state index in [0.717, 1.165) is 51.9 Å². The molecule has 0 N–H and O–H groups in total. The third-order valence-corrected chi connectivity index (χ3v) is 5.15. The van der Waals surface area contributed by atoms with Crippen molar-refractivity contribution < 1.29 is 4.79 Å². The quantitative estimate of drug-likeness (QED) is 0.834. The predicted molar refractivity (Wildman–Crippen MR) is 85.2 cm³/mol. The topological polar surface area (TPSA) is 23.6 Å². The summed E-state index contributed by atoms with van der Waals surface area (Å²) in [5.41, 5.74) is 1.43. The van der Waals surface area contributed by atoms with Gasteiger partial charge in [-0.15, -0.1) is 0 Å². The van der Waals surface area contributed by atoms with E-state index in [4.69, 9.17) is 0 Å². The number of likely N-dealkylation sites (tertiary alicyclic amines) is 2. The summed E-state index contributed by atoms with van der Waals surface area (Å²) in [6.07, 6.45) is 4.30. The highest BCUT2D eigenvalue weighted by Crippen LogP contribution is 2.29. The second-order valence-electron chi connectivity index (χ2n) is 6.59. The molecule has 1 amide bonds. The Bertz CT molecular complexity index is 457. The van der Waals surface area contributed by atoms with E-state index in [1.54, 1.807) is 0 Å². The molecule has 1 aromatic carbocycles. The fourth-order valence-corrected chi connectivity index (χ4v) is 3.67. The maximum Gasteiger partial charge on any atom is 0.225 e. The van der Waals surface area contributed by atoms with E-state index in [-0.39, 0.29) is 5.92 Å². The molecule has 0 aromatic heterocycles. The largest absolute Gasteiger partial charge is 0.342 e. The predicted octanol–water partition coefficient (Wildman–Crippen LogP) is 2.73. The number of carbonyl (C=O) groups is 1. The van der Waals surface area contributed by atoms with E-state index in [2.05, 4.69) is 47.2 Å². The van der Waals surface area contributed by atoms with Crippen LogP contribution in [0.15, 0.2) is 30.3 Å². The van der Waals surface area contributed by atoms with Gasteiger partial charge < -0.3 is 9.80 Å². The number of rotatable bonds is 2. The first-order valence-corrected chi connectivity index (χ1v) is 8.26. The maximum absolute atomic E-state index is 12.6. The smallest absolute Gasteiger partial charge is 0.225 e. The van der Waals surface area contributed by atoms with Gasteiger partial charge in [0.25, 0.3) is 0 Å². The second-order valence-corrected chi connectivity index (χ2v) is 6.59. The molecule has 2 aliphatic heterocycles. The minimum atomic E-state index is 0.273. The molecule has 2 aliphatic rings. The summed E-state index contributed by atoms with van der Waals surface area (Å²) in [5.74, 6) is 1.32. The molecule has 0 unspecified atom stereocenters. The molecule has 3 rings (SSSR count). The summed E-state index contributed by atoms with van der Waals surface area (Å²) >= 11 is 0. The Morgan fingerprint density at radius 1 is 0.952 bits per heavy atom. The summed E-state index contributed by atoms with van der Waals surface area (Å²) in [6, 6.07) is 10.7. The van der Waals surface area contributed by atoms with E-state index in [0.29, 0.717) is 11.8 Å². The molecule has 0 atom stereocenters. The Kier molecular flexibility index (Phi) is 4.59. The van der Waals surface area contributed by atoms with Crippen molar-refractivity contribution in [3.8, 4) is 0 Å². The van der Waals surface area contributed by atoms with Crippen molar-refractivity contribution in [2.24, 2.45) is 5.92 Å². The van der Waals surface area contributed by atoms with Crippen molar-refractivity contribution in [1.82, 2.24) is 9.80 Å². The van der Waals surface area contributed by atoms with E-state index in [1.165, 1.54) is 5.56 Å². The Morgan fingerprint density at radius 3 is 2.19 bits per heavy atom. The summed E-state index contributed by atoms with van der Waals surface area (Å²) in [7, 11) is 2.14. The van der Waals surface area contributed by atoms with Crippen molar-refractivity contribution in [2.45, 2.75) is 31.6 Å². The average molecular weight is 286 g/mol. The molecule has 3 nitrogen and oxygen atoms in total. The number of benzene rings is 1. The van der Waals surface area contributed by atoms with Gasteiger partial charge in [0, 0.05) is 19.0 Å². The standard InChI is InChI=1S/C18H26N2O/c1-19-11-7-17(8-12-19)18(21)20-13-9-16(10-14-20)15-5-3-2-4-6-15/h2-6,16-17H,7-14H2,1H3. The Balaban J connectivity index is 1.52. The fraction of sp³-hybridized carbons (Fsp3) is 0.611. The number of piperidine rings is 2. The highest BCUT2D eigenvalue weighted by molar-refractivity contribution is 5.79. The fourth-order valence-electron chi connectivity index (χ4n) is 3.67. The maximum atomic E-state index is 12.6. The molecule has 2 fully saturated rings. The van der Waals surface area contributed by atoms with Gasteiger partial charge in [-0.25, -0.2) is 0 Å². The lowest BCUT2D eigenvalue weighted by atomic mass is 9.88. The lowest BCUT2D eigenvalue weighted by Gasteiger charge is -2.36. The lowest BCUT2D eigenvalue weighted by Crippen LogP contribution is -2.44. The summed E-state index contributed by atoms with van der Waals surface area (Å²) < 4.78 is 0. The Labute approximate surface area is 127 Å². The zero-order valence-electron chi connectivity index (χ0n) is 13.0. The molecular formula is C18H26N2O. The lowest BCUT2D eigenvalue weighted by molar-refractivity contribution is -0.138. The average Bonchev–Trinajstić information content (AvgIpc) is 2.56. The van der Waals surface area contributed by atoms with Crippen LogP contribution in [-0.2, 0) is 4.79 Å². The van der Waals surface area contributed by atoms with E-state index >= 15 is 0 Å². The normalized spacial score (nSPS) is 22.4. The molecule has 1 aromatic rings. The molecule has 114 valence electrons. The van der Waals surface area contributed by atoms with Gasteiger partial charge in [-0.1, -0.05) is 30.3 Å². The zero-order chi connectivity index (χ0) is 14.7. The van der Waals surface area contributed by atoms with Crippen molar-refractivity contribution in [3.63, 3.8) is 0 Å². The van der Waals surface area contributed by atoms with Crippen molar-refractivity contribution in [1.29, 1.82) is 0 Å². The number of hydrogen-bond acceptors (Lipinski definition) is 2. The van der Waals surface area contributed by atoms with Crippen LogP contribution in [0.1, 0.15) is 37.2 Å². The van der Waals surface area contributed by atoms with Crippen LogP contribution in [0.4, 0.5) is 0 Å². The van der Waals surface area contributed by atoms with Crippen molar-refractivity contribution >= 4 is 5.91 Å². The molecular weight excluding hydrogens is 260 g/mol. The molecule has 0 spiro atoms. The van der Waals surface area contributed by atoms with Crippen molar-refractivity contribution in [3.05, 3.63) is 35.9 Å². The van der Waals surface area contributed by atoms with Crippen LogP contribution < -0.4 is 0 Å². The molecule has 0 bridgehead atoms. The van der Waals surface area contributed by atoms with Gasteiger partial charge in [0.05, 0.1) is 0 Å². The van der Waals surface area contributed by atoms with Crippen LogP contribution in [0.2, 0.25) is 0 Å². The highest BCUT2D eigenvalue weighted by atomic mass is 16.2. The molecule has 21 heavy (non-hydrogen) atoms. The number of nitrogens with zero attached hydrogens (tertiary/aromatic N) is 2.